The van der Waals surface area contributed by atoms with E-state index < -0.39 is 0 Å². The van der Waals surface area contributed by atoms with Gasteiger partial charge in [0.05, 0.1) is 12.1 Å². The summed E-state index contributed by atoms with van der Waals surface area (Å²) in [7, 11) is 0. The van der Waals surface area contributed by atoms with E-state index in [4.69, 9.17) is 0 Å². The van der Waals surface area contributed by atoms with Crippen LogP contribution in [0.4, 0.5) is 4.79 Å². The summed E-state index contributed by atoms with van der Waals surface area (Å²) >= 11 is 0. The quantitative estimate of drug-likeness (QED) is 0.824. The van der Waals surface area contributed by atoms with Crippen LogP contribution in [0.1, 0.15) is 50.1 Å². The maximum absolute atomic E-state index is 12.8. The fraction of sp³-hybridized carbons (Fsp3) is 0.684. The number of hydrogen-bond acceptors (Lipinski definition) is 4. The Kier molecular flexibility index (Phi) is 5.53. The summed E-state index contributed by atoms with van der Waals surface area (Å²) in [6.07, 6.45) is 2.61. The standard InChI is InChI=1S/C19H29N5O3/c1-11(2)20-19(27)24-10-8-15-16(24)7-9-23(15)17(25)6-5-14-12(3)21-18(26)22-13(14)4/h11,15-16H,5-10H2,1-4H3,(H,20,27)(H,21,22,26)/t15-,16-/m0/s1. The second-order valence-corrected chi connectivity index (χ2v) is 7.83. The summed E-state index contributed by atoms with van der Waals surface area (Å²) in [6, 6.07) is 0.308. The zero-order valence-electron chi connectivity index (χ0n) is 16.5. The van der Waals surface area contributed by atoms with Crippen molar-refractivity contribution in [2.75, 3.05) is 13.1 Å². The van der Waals surface area contributed by atoms with Crippen LogP contribution in [0, 0.1) is 13.8 Å². The molecule has 0 radical (unpaired) electrons. The van der Waals surface area contributed by atoms with E-state index in [0.29, 0.717) is 31.6 Å². The zero-order valence-corrected chi connectivity index (χ0v) is 16.5. The molecule has 0 saturated carbocycles. The molecule has 148 valence electrons. The van der Waals surface area contributed by atoms with E-state index in [-0.39, 0.29) is 35.8 Å². The lowest BCUT2D eigenvalue weighted by molar-refractivity contribution is -0.132. The maximum atomic E-state index is 12.8. The summed E-state index contributed by atoms with van der Waals surface area (Å²) in [4.78, 5) is 47.1. The number of likely N-dealkylation sites (tertiary alicyclic amines) is 2. The Hall–Kier alpha value is -2.38. The van der Waals surface area contributed by atoms with Gasteiger partial charge in [-0.2, -0.15) is 4.98 Å². The largest absolute Gasteiger partial charge is 0.345 e. The first-order valence-corrected chi connectivity index (χ1v) is 9.71. The summed E-state index contributed by atoms with van der Waals surface area (Å²) < 4.78 is 0. The molecule has 3 heterocycles. The van der Waals surface area contributed by atoms with Crippen LogP contribution in [0.5, 0.6) is 0 Å². The molecule has 8 heteroatoms. The van der Waals surface area contributed by atoms with Crippen molar-refractivity contribution in [3.8, 4) is 0 Å². The second kappa shape index (κ2) is 7.70. The monoisotopic (exact) mass is 375 g/mol. The average Bonchev–Trinajstić information content (AvgIpc) is 3.14. The van der Waals surface area contributed by atoms with Crippen molar-refractivity contribution in [1.29, 1.82) is 0 Å². The summed E-state index contributed by atoms with van der Waals surface area (Å²) in [5, 5.41) is 2.95. The molecule has 0 unspecified atom stereocenters. The van der Waals surface area contributed by atoms with Gasteiger partial charge >= 0.3 is 11.7 Å². The number of urea groups is 1. The van der Waals surface area contributed by atoms with E-state index in [9.17, 15) is 14.4 Å². The molecule has 1 aromatic heterocycles. The molecule has 0 aromatic carbocycles. The van der Waals surface area contributed by atoms with E-state index in [1.807, 2.05) is 30.6 Å². The SMILES string of the molecule is Cc1nc(=O)[nH]c(C)c1CCC(=O)N1CC[C@H]2[C@@H]1CCN2C(=O)NC(C)C. The third-order valence-corrected chi connectivity index (χ3v) is 5.61. The molecule has 8 nitrogen and oxygen atoms in total. The van der Waals surface area contributed by atoms with E-state index in [1.54, 1.807) is 6.92 Å². The molecule has 2 aliphatic rings. The molecule has 0 spiro atoms. The fourth-order valence-electron chi connectivity index (χ4n) is 4.38. The van der Waals surface area contributed by atoms with Gasteiger partial charge < -0.3 is 20.1 Å². The first-order chi connectivity index (χ1) is 12.8. The molecule has 2 N–H and O–H groups in total. The molecule has 3 amide bonds. The number of fused-ring (bicyclic) bond motifs is 1. The predicted octanol–water partition coefficient (Wildman–Crippen LogP) is 1.11. The highest BCUT2D eigenvalue weighted by molar-refractivity contribution is 5.79. The molecule has 2 atom stereocenters. The fourth-order valence-corrected chi connectivity index (χ4v) is 4.38. The second-order valence-electron chi connectivity index (χ2n) is 7.83. The third-order valence-electron chi connectivity index (χ3n) is 5.61. The Labute approximate surface area is 159 Å². The number of nitrogens with one attached hydrogen (secondary N) is 2. The van der Waals surface area contributed by atoms with E-state index in [2.05, 4.69) is 15.3 Å². The Balaban J connectivity index is 1.61. The molecule has 0 bridgehead atoms. The maximum Gasteiger partial charge on any atom is 0.345 e. The highest BCUT2D eigenvalue weighted by Crippen LogP contribution is 2.32. The van der Waals surface area contributed by atoms with Gasteiger partial charge in [-0.15, -0.1) is 0 Å². The lowest BCUT2D eigenvalue weighted by atomic mass is 10.1. The summed E-state index contributed by atoms with van der Waals surface area (Å²) in [5.74, 6) is 0.110. The van der Waals surface area contributed by atoms with Gasteiger partial charge in [-0.25, -0.2) is 9.59 Å². The number of carbonyl (C=O) groups is 2. The smallest absolute Gasteiger partial charge is 0.337 e. The summed E-state index contributed by atoms with van der Waals surface area (Å²) in [5.41, 5.74) is 2.04. The zero-order chi connectivity index (χ0) is 19.7. The van der Waals surface area contributed by atoms with Gasteiger partial charge in [0, 0.05) is 36.9 Å². The normalized spacial score (nSPS) is 21.7. The number of H-pyrrole nitrogens is 1. The Bertz CT molecular complexity index is 762. The van der Waals surface area contributed by atoms with Crippen LogP contribution in [-0.2, 0) is 11.2 Å². The van der Waals surface area contributed by atoms with Crippen LogP contribution >= 0.6 is 0 Å². The lowest BCUT2D eigenvalue weighted by Crippen LogP contribution is -2.47. The number of aryl methyl sites for hydroxylation is 2. The van der Waals surface area contributed by atoms with Crippen molar-refractivity contribution in [1.82, 2.24) is 25.1 Å². The minimum Gasteiger partial charge on any atom is -0.337 e. The van der Waals surface area contributed by atoms with Crippen LogP contribution in [0.25, 0.3) is 0 Å². The molecule has 2 saturated heterocycles. The Morgan fingerprint density at radius 3 is 2.44 bits per heavy atom. The van der Waals surface area contributed by atoms with Gasteiger partial charge in [-0.1, -0.05) is 0 Å². The van der Waals surface area contributed by atoms with Gasteiger partial charge in [0.25, 0.3) is 0 Å². The molecule has 2 aliphatic heterocycles. The number of amides is 3. The average molecular weight is 375 g/mol. The summed E-state index contributed by atoms with van der Waals surface area (Å²) in [6.45, 7) is 8.93. The molecule has 3 rings (SSSR count). The highest BCUT2D eigenvalue weighted by Gasteiger charge is 2.45. The van der Waals surface area contributed by atoms with E-state index in [0.717, 1.165) is 24.1 Å². The van der Waals surface area contributed by atoms with Crippen LogP contribution in [-0.4, -0.2) is 62.9 Å². The number of aromatic amines is 1. The van der Waals surface area contributed by atoms with Crippen LogP contribution < -0.4 is 11.0 Å². The molecule has 2 fully saturated rings. The van der Waals surface area contributed by atoms with Gasteiger partial charge in [0.1, 0.15) is 0 Å². The van der Waals surface area contributed by atoms with Gasteiger partial charge in [-0.05, 0) is 52.5 Å². The molecule has 27 heavy (non-hydrogen) atoms. The topological polar surface area (TPSA) is 98.4 Å². The number of carbonyl (C=O) groups excluding carboxylic acids is 2. The first-order valence-electron chi connectivity index (χ1n) is 9.71. The number of nitrogens with zero attached hydrogens (tertiary/aromatic N) is 3. The van der Waals surface area contributed by atoms with E-state index in [1.165, 1.54) is 0 Å². The molecular formula is C19H29N5O3. The van der Waals surface area contributed by atoms with Crippen molar-refractivity contribution >= 4 is 11.9 Å². The molecular weight excluding hydrogens is 346 g/mol. The van der Waals surface area contributed by atoms with E-state index >= 15 is 0 Å². The van der Waals surface area contributed by atoms with Crippen molar-refractivity contribution in [2.45, 2.75) is 71.5 Å². The van der Waals surface area contributed by atoms with Gasteiger partial charge in [0.2, 0.25) is 5.91 Å². The van der Waals surface area contributed by atoms with Crippen molar-refractivity contribution < 1.29 is 9.59 Å². The van der Waals surface area contributed by atoms with Gasteiger partial charge in [0.15, 0.2) is 0 Å². The first kappa shape index (κ1) is 19.4. The van der Waals surface area contributed by atoms with Crippen molar-refractivity contribution in [3.05, 3.63) is 27.4 Å². The van der Waals surface area contributed by atoms with Crippen molar-refractivity contribution in [2.24, 2.45) is 0 Å². The minimum absolute atomic E-state index is 0.0302. The number of aromatic nitrogens is 2. The predicted molar refractivity (Wildman–Crippen MR) is 102 cm³/mol. The Morgan fingerprint density at radius 2 is 1.81 bits per heavy atom. The minimum atomic E-state index is -0.354. The van der Waals surface area contributed by atoms with Crippen LogP contribution in [0.15, 0.2) is 4.79 Å². The van der Waals surface area contributed by atoms with Crippen molar-refractivity contribution in [3.63, 3.8) is 0 Å². The van der Waals surface area contributed by atoms with Crippen LogP contribution in [0.3, 0.4) is 0 Å². The highest BCUT2D eigenvalue weighted by atomic mass is 16.2. The molecule has 0 aliphatic carbocycles. The number of rotatable bonds is 4. The third kappa shape index (κ3) is 3.99. The Morgan fingerprint density at radius 1 is 1.19 bits per heavy atom. The molecule has 1 aromatic rings. The van der Waals surface area contributed by atoms with Crippen LogP contribution in [0.2, 0.25) is 0 Å². The number of hydrogen-bond donors (Lipinski definition) is 2. The lowest BCUT2D eigenvalue weighted by Gasteiger charge is -2.26. The van der Waals surface area contributed by atoms with Gasteiger partial charge in [-0.3, -0.25) is 4.79 Å².